The molecule has 164 valence electrons. The first kappa shape index (κ1) is 33.5. The summed E-state index contributed by atoms with van der Waals surface area (Å²) in [5.41, 5.74) is 1.34. The van der Waals surface area contributed by atoms with Crippen LogP contribution in [0.5, 0.6) is 0 Å². The van der Waals surface area contributed by atoms with E-state index in [2.05, 4.69) is 50.4 Å². The molecule has 0 aliphatic rings. The monoisotopic (exact) mass is 421 g/mol. The predicted molar refractivity (Wildman–Crippen MR) is 107 cm³/mol. The Morgan fingerprint density at radius 1 is 0.786 bits per heavy atom. The molecule has 0 radical (unpaired) electrons. The van der Waals surface area contributed by atoms with Gasteiger partial charge in [-0.1, -0.05) is 19.7 Å². The first-order valence-corrected chi connectivity index (χ1v) is 8.39. The molecule has 0 N–H and O–H groups in total. The van der Waals surface area contributed by atoms with Crippen molar-refractivity contribution < 1.29 is 45.5 Å². The highest BCUT2D eigenvalue weighted by Crippen LogP contribution is 1.94. The fourth-order valence-electron chi connectivity index (χ4n) is 0.964. The van der Waals surface area contributed by atoms with Crippen LogP contribution in [-0.2, 0) is 28.6 Å². The van der Waals surface area contributed by atoms with Gasteiger partial charge in [0, 0.05) is 16.7 Å². The number of esters is 3. The number of carbonyl (C=O) groups excluding carboxylic acids is 3. The molecule has 0 aromatic rings. The van der Waals surface area contributed by atoms with E-state index in [-0.39, 0.29) is 30.3 Å². The number of carbonyl (C=O) groups is 3. The molecule has 0 amide bonds. The molecule has 0 spiro atoms. The van der Waals surface area contributed by atoms with Gasteiger partial charge in [-0.3, -0.25) is 0 Å². The maximum absolute atomic E-state index is 10.9. The van der Waals surface area contributed by atoms with E-state index >= 15 is 0 Å². The molecule has 0 bridgehead atoms. The molecule has 8 heteroatoms. The number of methoxy groups -OCH3 is 1. The van der Waals surface area contributed by atoms with Crippen LogP contribution in [0.2, 0.25) is 0 Å². The molecule has 0 aromatic heterocycles. The van der Waals surface area contributed by atoms with Gasteiger partial charge in [-0.05, 0) is 27.7 Å². The van der Waals surface area contributed by atoms with Gasteiger partial charge in [0.2, 0.25) is 0 Å². The van der Waals surface area contributed by atoms with E-state index in [4.69, 9.17) is 4.74 Å². The van der Waals surface area contributed by atoms with Crippen LogP contribution in [0.25, 0.3) is 0 Å². The van der Waals surface area contributed by atoms with Gasteiger partial charge in [0.15, 0.2) is 0 Å². The van der Waals surface area contributed by atoms with Crippen molar-refractivity contribution in [2.45, 2.75) is 27.7 Å². The van der Waals surface area contributed by atoms with E-state index in [0.29, 0.717) is 29.9 Å². The Kier molecular flexibility index (Phi) is 21.8. The molecule has 0 heterocycles. The van der Waals surface area contributed by atoms with E-state index in [0.717, 1.165) is 11.0 Å². The second-order valence-electron chi connectivity index (χ2n) is 6.70. The van der Waals surface area contributed by atoms with Crippen molar-refractivity contribution in [2.24, 2.45) is 0 Å². The van der Waals surface area contributed by atoms with Crippen molar-refractivity contribution in [1.29, 1.82) is 0 Å². The third-order valence-corrected chi connectivity index (χ3v) is 2.50. The Balaban J connectivity index is -0.000000159. The third kappa shape index (κ3) is 26.1. The van der Waals surface area contributed by atoms with Crippen LogP contribution < -0.4 is 12.4 Å². The quantitative estimate of drug-likeness (QED) is 0.242. The second-order valence-corrected chi connectivity index (χ2v) is 6.70. The van der Waals surface area contributed by atoms with Crippen LogP contribution in [0.3, 0.4) is 0 Å². The highest BCUT2D eigenvalue weighted by molar-refractivity contribution is 5.87. The van der Waals surface area contributed by atoms with Crippen molar-refractivity contribution in [1.82, 2.24) is 0 Å². The van der Waals surface area contributed by atoms with Gasteiger partial charge in [0.1, 0.15) is 13.2 Å². The molecular weight excluding hydrogens is 386 g/mol. The zero-order valence-electron chi connectivity index (χ0n) is 18.5. The van der Waals surface area contributed by atoms with E-state index in [1.807, 2.05) is 0 Å². The van der Waals surface area contributed by atoms with E-state index in [1.54, 1.807) is 27.7 Å². The minimum atomic E-state index is -0.347. The van der Waals surface area contributed by atoms with Crippen LogP contribution in [0, 0.1) is 0 Å². The zero-order valence-corrected chi connectivity index (χ0v) is 19.3. The largest absolute Gasteiger partial charge is 1.00 e. The predicted octanol–water partition coefficient (Wildman–Crippen LogP) is -0.323. The topological polar surface area (TPSA) is 78.9 Å². The van der Waals surface area contributed by atoms with Crippen LogP contribution in [-0.4, -0.2) is 70.4 Å². The lowest BCUT2D eigenvalue weighted by molar-refractivity contribution is -0.870. The molecule has 0 atom stereocenters. The molecule has 0 aliphatic carbocycles. The van der Waals surface area contributed by atoms with Crippen molar-refractivity contribution in [3.8, 4) is 0 Å². The van der Waals surface area contributed by atoms with Gasteiger partial charge in [-0.25, -0.2) is 14.4 Å². The number of rotatable bonds is 7. The smallest absolute Gasteiger partial charge is 0.333 e. The van der Waals surface area contributed by atoms with Crippen LogP contribution >= 0.6 is 0 Å². The lowest BCUT2D eigenvalue weighted by Crippen LogP contribution is -3.00. The first-order valence-electron chi connectivity index (χ1n) is 8.39. The molecule has 0 saturated carbocycles. The lowest BCUT2D eigenvalue weighted by Gasteiger charge is -2.23. The fraction of sp³-hybridized carbons (Fsp3) is 0.550. The molecule has 0 saturated heterocycles. The normalized spacial score (nSPS) is 9.00. The number of likely N-dealkylation sites (N-methyl/N-ethyl adjacent to an activating group) is 1. The molecule has 0 fully saturated rings. The Labute approximate surface area is 176 Å². The summed E-state index contributed by atoms with van der Waals surface area (Å²) in [7, 11) is 7.48. The fourth-order valence-corrected chi connectivity index (χ4v) is 0.964. The van der Waals surface area contributed by atoms with Crippen LogP contribution in [0.15, 0.2) is 36.5 Å². The molecule has 0 unspecified atom stereocenters. The highest BCUT2D eigenvalue weighted by Gasteiger charge is 2.09. The molecule has 0 aliphatic heterocycles. The molecule has 7 nitrogen and oxygen atoms in total. The summed E-state index contributed by atoms with van der Waals surface area (Å²) in [5.74, 6) is -0.962. The van der Waals surface area contributed by atoms with Crippen LogP contribution in [0.1, 0.15) is 27.7 Å². The van der Waals surface area contributed by atoms with Gasteiger partial charge in [0.25, 0.3) is 0 Å². The number of nitrogens with zero attached hydrogens (tertiary/aromatic N) is 1. The summed E-state index contributed by atoms with van der Waals surface area (Å²) in [6.45, 7) is 18.6. The summed E-state index contributed by atoms with van der Waals surface area (Å²) in [4.78, 5) is 31.5. The zero-order chi connectivity index (χ0) is 22.2. The molecule has 0 rings (SSSR count). The summed E-state index contributed by atoms with van der Waals surface area (Å²) >= 11 is 0. The third-order valence-electron chi connectivity index (χ3n) is 2.50. The van der Waals surface area contributed by atoms with E-state index in [1.165, 1.54) is 7.11 Å². The highest BCUT2D eigenvalue weighted by atomic mass is 35.5. The minimum absolute atomic E-state index is 0. The number of ether oxygens (including phenoxy) is 3. The summed E-state index contributed by atoms with van der Waals surface area (Å²) in [6, 6.07) is 0. The summed E-state index contributed by atoms with van der Waals surface area (Å²) in [6.07, 6.45) is 0. The second kappa shape index (κ2) is 18.3. The minimum Gasteiger partial charge on any atom is -1.00 e. The van der Waals surface area contributed by atoms with Crippen molar-refractivity contribution >= 4 is 17.9 Å². The van der Waals surface area contributed by atoms with Crippen molar-refractivity contribution in [2.75, 3.05) is 48.0 Å². The Morgan fingerprint density at radius 2 is 1.14 bits per heavy atom. The number of hydrogen-bond donors (Lipinski definition) is 0. The van der Waals surface area contributed by atoms with Gasteiger partial charge in [-0.15, -0.1) is 0 Å². The first-order chi connectivity index (χ1) is 12.2. The Hall–Kier alpha value is -2.12. The van der Waals surface area contributed by atoms with Crippen molar-refractivity contribution in [3.05, 3.63) is 36.5 Å². The SMILES string of the molecule is C=C(C)C(=O)OC.C=C(C)C(=O)OCC.C=C(C)C(=O)OCC[N+](C)(C)C.[Cl-]. The maximum Gasteiger partial charge on any atom is 0.333 e. The average Bonchev–Trinajstić information content (AvgIpc) is 2.53. The number of hydrogen-bond acceptors (Lipinski definition) is 6. The van der Waals surface area contributed by atoms with Gasteiger partial charge < -0.3 is 31.1 Å². The van der Waals surface area contributed by atoms with Gasteiger partial charge in [-0.2, -0.15) is 0 Å². The molecule has 0 aromatic carbocycles. The summed E-state index contributed by atoms with van der Waals surface area (Å²) < 4.78 is 14.6. The number of quaternary nitrogens is 1. The Morgan fingerprint density at radius 3 is 1.32 bits per heavy atom. The van der Waals surface area contributed by atoms with E-state index < -0.39 is 0 Å². The van der Waals surface area contributed by atoms with Gasteiger partial charge >= 0.3 is 17.9 Å². The average molecular weight is 422 g/mol. The standard InChI is InChI=1S/C9H18NO2.C6H10O2.C5H8O2.ClH/c1-8(2)9(11)12-7-6-10(3,4)5;1-4-8-6(7)5(2)3;1-4(2)5(6)7-3;/h1,6-7H2,2-5H3;2,4H2,1,3H3;1H2,2-3H3;1H/q+1;;;/p-1. The van der Waals surface area contributed by atoms with Gasteiger partial charge in [0.05, 0.1) is 34.9 Å². The van der Waals surface area contributed by atoms with Crippen LogP contribution in [0.4, 0.5) is 0 Å². The summed E-state index contributed by atoms with van der Waals surface area (Å²) in [5, 5.41) is 0. The molecule has 28 heavy (non-hydrogen) atoms. The number of halogens is 1. The lowest BCUT2D eigenvalue weighted by atomic mass is 10.4. The Bertz CT molecular complexity index is 535. The van der Waals surface area contributed by atoms with Crippen molar-refractivity contribution in [3.63, 3.8) is 0 Å². The maximum atomic E-state index is 10.9. The molecular formula is C20H36ClNO6. The van der Waals surface area contributed by atoms with E-state index in [9.17, 15) is 14.4 Å².